The first-order chi connectivity index (χ1) is 13.4. The van der Waals surface area contributed by atoms with E-state index in [1.165, 1.54) is 19.9 Å². The zero-order chi connectivity index (χ0) is 20.3. The lowest BCUT2D eigenvalue weighted by Crippen LogP contribution is -2.34. The Morgan fingerprint density at radius 2 is 1.82 bits per heavy atom. The first-order valence-electron chi connectivity index (χ1n) is 8.85. The van der Waals surface area contributed by atoms with Crippen molar-refractivity contribution in [1.29, 1.82) is 0 Å². The highest BCUT2D eigenvalue weighted by Crippen LogP contribution is 2.23. The summed E-state index contributed by atoms with van der Waals surface area (Å²) in [6, 6.07) is 8.20. The van der Waals surface area contributed by atoms with E-state index >= 15 is 0 Å². The van der Waals surface area contributed by atoms with Crippen LogP contribution in [0.2, 0.25) is 0 Å². The molecule has 28 heavy (non-hydrogen) atoms. The number of benzene rings is 1. The van der Waals surface area contributed by atoms with E-state index in [4.69, 9.17) is 0 Å². The maximum Gasteiger partial charge on any atom is 0.231 e. The third-order valence-corrected chi connectivity index (χ3v) is 4.22. The van der Waals surface area contributed by atoms with Gasteiger partial charge in [0.15, 0.2) is 5.82 Å². The Hall–Kier alpha value is -3.42. The molecule has 0 fully saturated rings. The molecule has 144 valence electrons. The van der Waals surface area contributed by atoms with Crippen molar-refractivity contribution in [3.63, 3.8) is 0 Å². The van der Waals surface area contributed by atoms with Crippen molar-refractivity contribution in [2.45, 2.75) is 33.7 Å². The number of hydrogen-bond acceptors (Lipinski definition) is 5. The van der Waals surface area contributed by atoms with Crippen LogP contribution in [-0.4, -0.2) is 31.6 Å². The van der Waals surface area contributed by atoms with Gasteiger partial charge in [-0.2, -0.15) is 5.10 Å². The monoisotopic (exact) mass is 381 g/mol. The average molecular weight is 381 g/mol. The molecule has 0 unspecified atom stereocenters. The van der Waals surface area contributed by atoms with Crippen LogP contribution in [0.1, 0.15) is 31.9 Å². The fraction of sp³-hybridized carbons (Fsp3) is 0.250. The quantitative estimate of drug-likeness (QED) is 0.679. The van der Waals surface area contributed by atoms with Crippen LogP contribution in [0.25, 0.3) is 11.5 Å². The molecule has 0 aliphatic carbocycles. The molecule has 7 nitrogen and oxygen atoms in total. The molecule has 0 bridgehead atoms. The molecule has 0 saturated carbocycles. The lowest BCUT2D eigenvalue weighted by atomic mass is 10.2. The molecule has 3 rings (SSSR count). The lowest BCUT2D eigenvalue weighted by Gasteiger charge is -2.19. The largest absolute Gasteiger partial charge is 0.274 e. The van der Waals surface area contributed by atoms with Crippen LogP contribution in [-0.2, 0) is 22.6 Å². The molecule has 0 saturated heterocycles. The van der Waals surface area contributed by atoms with Crippen LogP contribution in [0.4, 0.5) is 10.2 Å². The van der Waals surface area contributed by atoms with Crippen molar-refractivity contribution < 1.29 is 14.0 Å². The Balaban J connectivity index is 1.95. The zero-order valence-corrected chi connectivity index (χ0v) is 15.9. The number of rotatable bonds is 5. The summed E-state index contributed by atoms with van der Waals surface area (Å²) in [6.07, 6.45) is 3.85. The van der Waals surface area contributed by atoms with Gasteiger partial charge in [-0.15, -0.1) is 0 Å². The van der Waals surface area contributed by atoms with E-state index in [-0.39, 0.29) is 24.0 Å². The molecule has 0 atom stereocenters. The van der Waals surface area contributed by atoms with Crippen molar-refractivity contribution in [1.82, 2.24) is 19.7 Å². The van der Waals surface area contributed by atoms with Crippen molar-refractivity contribution >= 4 is 17.6 Å². The van der Waals surface area contributed by atoms with Crippen molar-refractivity contribution in [3.8, 4) is 11.5 Å². The van der Waals surface area contributed by atoms with Gasteiger partial charge >= 0.3 is 0 Å². The summed E-state index contributed by atoms with van der Waals surface area (Å²) in [6.45, 7) is 4.78. The Labute approximate surface area is 161 Å². The summed E-state index contributed by atoms with van der Waals surface area (Å²) >= 11 is 0. The highest BCUT2D eigenvalue weighted by molar-refractivity contribution is 6.12. The van der Waals surface area contributed by atoms with Crippen LogP contribution in [0, 0.1) is 5.82 Å². The number of aromatic nitrogens is 4. The SMILES string of the molecule is CCc1cnc(-c2ccn(Cc3ccccc3F)n2)nc1N(C(C)=O)C(C)=O. The minimum absolute atomic E-state index is 0.260. The van der Waals surface area contributed by atoms with E-state index in [0.717, 1.165) is 4.90 Å². The molecule has 0 radical (unpaired) electrons. The standard InChI is InChI=1S/C20H20FN5O2/c1-4-15-11-22-19(23-20(15)26(13(2)27)14(3)28)18-9-10-25(24-18)12-16-7-5-6-8-17(16)21/h5-11H,4,12H2,1-3H3. The topological polar surface area (TPSA) is 81.0 Å². The van der Waals surface area contributed by atoms with Gasteiger partial charge in [-0.3, -0.25) is 14.3 Å². The second kappa shape index (κ2) is 8.08. The number of anilines is 1. The predicted octanol–water partition coefficient (Wildman–Crippen LogP) is 2.99. The fourth-order valence-electron chi connectivity index (χ4n) is 2.85. The Morgan fingerprint density at radius 1 is 1.11 bits per heavy atom. The molecule has 8 heteroatoms. The van der Waals surface area contributed by atoms with E-state index in [1.54, 1.807) is 41.3 Å². The molecule has 3 aromatic rings. The maximum absolute atomic E-state index is 13.8. The predicted molar refractivity (Wildman–Crippen MR) is 102 cm³/mol. The molecule has 0 aliphatic rings. The second-order valence-electron chi connectivity index (χ2n) is 6.26. The number of hydrogen-bond donors (Lipinski definition) is 0. The number of aryl methyl sites for hydroxylation is 1. The molecule has 2 heterocycles. The first-order valence-corrected chi connectivity index (χ1v) is 8.85. The molecule has 0 spiro atoms. The summed E-state index contributed by atoms with van der Waals surface area (Å²) in [5.74, 6) is -0.596. The van der Waals surface area contributed by atoms with E-state index in [0.29, 0.717) is 23.2 Å². The lowest BCUT2D eigenvalue weighted by molar-refractivity contribution is -0.124. The highest BCUT2D eigenvalue weighted by Gasteiger charge is 2.22. The van der Waals surface area contributed by atoms with Crippen LogP contribution in [0.3, 0.4) is 0 Å². The summed E-state index contributed by atoms with van der Waals surface area (Å²) in [7, 11) is 0. The fourth-order valence-corrected chi connectivity index (χ4v) is 2.85. The van der Waals surface area contributed by atoms with Gasteiger partial charge < -0.3 is 0 Å². The van der Waals surface area contributed by atoms with Gasteiger partial charge in [0.2, 0.25) is 11.8 Å². The molecule has 2 aromatic heterocycles. The Bertz CT molecular complexity index is 1020. The maximum atomic E-state index is 13.8. The average Bonchev–Trinajstić information content (AvgIpc) is 3.11. The number of halogens is 1. The van der Waals surface area contributed by atoms with Gasteiger partial charge in [0, 0.05) is 37.4 Å². The van der Waals surface area contributed by atoms with E-state index in [9.17, 15) is 14.0 Å². The van der Waals surface area contributed by atoms with Crippen molar-refractivity contribution in [2.75, 3.05) is 4.90 Å². The van der Waals surface area contributed by atoms with E-state index < -0.39 is 11.8 Å². The number of amides is 2. The Kier molecular flexibility index (Phi) is 5.58. The van der Waals surface area contributed by atoms with Crippen molar-refractivity contribution in [3.05, 3.63) is 59.7 Å². The Morgan fingerprint density at radius 3 is 2.46 bits per heavy atom. The third-order valence-electron chi connectivity index (χ3n) is 4.22. The molecule has 2 amide bonds. The zero-order valence-electron chi connectivity index (χ0n) is 15.9. The molecule has 0 aliphatic heterocycles. The number of nitrogens with zero attached hydrogens (tertiary/aromatic N) is 5. The molecular formula is C20H20FN5O2. The number of carbonyl (C=O) groups excluding carboxylic acids is 2. The molecule has 0 N–H and O–H groups in total. The number of carbonyl (C=O) groups is 2. The van der Waals surface area contributed by atoms with Gasteiger partial charge in [0.05, 0.1) is 6.54 Å². The normalized spacial score (nSPS) is 10.7. The van der Waals surface area contributed by atoms with Gasteiger partial charge in [0.25, 0.3) is 0 Å². The van der Waals surface area contributed by atoms with E-state index in [1.807, 2.05) is 6.92 Å². The second-order valence-corrected chi connectivity index (χ2v) is 6.26. The van der Waals surface area contributed by atoms with Crippen molar-refractivity contribution in [2.24, 2.45) is 0 Å². The summed E-state index contributed by atoms with van der Waals surface area (Å²) in [5.41, 5.74) is 1.66. The van der Waals surface area contributed by atoms with Gasteiger partial charge in [-0.25, -0.2) is 19.3 Å². The molecular weight excluding hydrogens is 361 g/mol. The smallest absolute Gasteiger partial charge is 0.231 e. The third kappa shape index (κ3) is 3.95. The minimum Gasteiger partial charge on any atom is -0.274 e. The van der Waals surface area contributed by atoms with Gasteiger partial charge in [-0.1, -0.05) is 25.1 Å². The summed E-state index contributed by atoms with van der Waals surface area (Å²) in [4.78, 5) is 33.6. The molecule has 1 aromatic carbocycles. The van der Waals surface area contributed by atoms with Crippen LogP contribution in [0.15, 0.2) is 42.7 Å². The van der Waals surface area contributed by atoms with Gasteiger partial charge in [-0.05, 0) is 18.6 Å². The first kappa shape index (κ1) is 19.3. The summed E-state index contributed by atoms with van der Waals surface area (Å²) < 4.78 is 15.4. The summed E-state index contributed by atoms with van der Waals surface area (Å²) in [5, 5.41) is 4.40. The number of imide groups is 1. The minimum atomic E-state index is -0.420. The van der Waals surface area contributed by atoms with E-state index in [2.05, 4.69) is 15.1 Å². The van der Waals surface area contributed by atoms with Crippen LogP contribution in [0.5, 0.6) is 0 Å². The highest BCUT2D eigenvalue weighted by atomic mass is 19.1. The van der Waals surface area contributed by atoms with Gasteiger partial charge in [0.1, 0.15) is 17.3 Å². The van der Waals surface area contributed by atoms with Crippen LogP contribution >= 0.6 is 0 Å². The van der Waals surface area contributed by atoms with Crippen LogP contribution < -0.4 is 4.90 Å².